The van der Waals surface area contributed by atoms with Crippen LogP contribution >= 0.6 is 0 Å². The molecule has 0 amide bonds. The van der Waals surface area contributed by atoms with Crippen molar-refractivity contribution < 1.29 is 9.53 Å². The van der Waals surface area contributed by atoms with Crippen molar-refractivity contribution in [2.45, 2.75) is 34.1 Å². The third kappa shape index (κ3) is 3.78. The number of hydrogen-bond acceptors (Lipinski definition) is 3. The molecule has 0 saturated carbocycles. The van der Waals surface area contributed by atoms with Gasteiger partial charge < -0.3 is 9.64 Å². The fourth-order valence-electron chi connectivity index (χ4n) is 2.20. The second kappa shape index (κ2) is 5.17. The minimum atomic E-state index is -0.0502. The molecule has 94 valence electrons. The van der Waals surface area contributed by atoms with Crippen LogP contribution in [0.2, 0.25) is 0 Å². The molecular weight excluding hydrogens is 202 g/mol. The summed E-state index contributed by atoms with van der Waals surface area (Å²) in [5, 5.41) is 0. The molecule has 16 heavy (non-hydrogen) atoms. The van der Waals surface area contributed by atoms with Gasteiger partial charge in [-0.15, -0.1) is 0 Å². The highest BCUT2D eigenvalue weighted by Gasteiger charge is 2.35. The molecule has 2 atom stereocenters. The number of carbonyl (C=O) groups is 1. The van der Waals surface area contributed by atoms with Gasteiger partial charge in [-0.3, -0.25) is 4.79 Å². The summed E-state index contributed by atoms with van der Waals surface area (Å²) >= 11 is 0. The van der Waals surface area contributed by atoms with Gasteiger partial charge in [-0.25, -0.2) is 0 Å². The van der Waals surface area contributed by atoms with E-state index >= 15 is 0 Å². The Balaban J connectivity index is 2.41. The van der Waals surface area contributed by atoms with Gasteiger partial charge in [0.2, 0.25) is 0 Å². The number of methoxy groups -OCH3 is 1. The van der Waals surface area contributed by atoms with Crippen LogP contribution in [0.5, 0.6) is 0 Å². The third-order valence-electron chi connectivity index (χ3n) is 3.37. The normalized spacial score (nSPS) is 27.1. The SMILES string of the molecule is COC(=O)C1CN(CCC(C)(C)C)CC1C. The van der Waals surface area contributed by atoms with E-state index in [0.29, 0.717) is 11.3 Å². The second-order valence-electron chi connectivity index (χ2n) is 6.18. The molecule has 0 spiro atoms. The molecule has 0 bridgehead atoms. The highest BCUT2D eigenvalue weighted by molar-refractivity contribution is 5.73. The Morgan fingerprint density at radius 1 is 1.38 bits per heavy atom. The maximum absolute atomic E-state index is 11.5. The van der Waals surface area contributed by atoms with E-state index in [1.165, 1.54) is 13.5 Å². The van der Waals surface area contributed by atoms with Crippen LogP contribution in [-0.4, -0.2) is 37.6 Å². The highest BCUT2D eigenvalue weighted by Crippen LogP contribution is 2.26. The van der Waals surface area contributed by atoms with Crippen molar-refractivity contribution in [3.05, 3.63) is 0 Å². The minimum absolute atomic E-state index is 0.0502. The molecule has 1 aliphatic rings. The standard InChI is InChI=1S/C13H25NO2/c1-10-8-14(7-6-13(2,3)4)9-11(10)12(15)16-5/h10-11H,6-9H2,1-5H3. The van der Waals surface area contributed by atoms with E-state index in [4.69, 9.17) is 4.74 Å². The first kappa shape index (κ1) is 13.5. The average Bonchev–Trinajstić information content (AvgIpc) is 2.55. The van der Waals surface area contributed by atoms with E-state index in [0.717, 1.165) is 19.6 Å². The molecule has 0 aliphatic carbocycles. The monoisotopic (exact) mass is 227 g/mol. The zero-order chi connectivity index (χ0) is 12.3. The topological polar surface area (TPSA) is 29.5 Å². The molecule has 0 aromatic heterocycles. The molecule has 0 aromatic rings. The summed E-state index contributed by atoms with van der Waals surface area (Å²) in [6.07, 6.45) is 1.17. The minimum Gasteiger partial charge on any atom is -0.469 e. The molecule has 1 heterocycles. The predicted molar refractivity (Wildman–Crippen MR) is 65.2 cm³/mol. The average molecular weight is 227 g/mol. The molecule has 1 aliphatic heterocycles. The molecule has 0 N–H and O–H groups in total. The molecule has 1 fully saturated rings. The first-order valence-corrected chi connectivity index (χ1v) is 6.13. The predicted octanol–water partition coefficient (Wildman–Crippen LogP) is 2.16. The van der Waals surface area contributed by atoms with E-state index in [2.05, 4.69) is 32.6 Å². The molecule has 2 unspecified atom stereocenters. The van der Waals surface area contributed by atoms with Crippen LogP contribution in [0.25, 0.3) is 0 Å². The molecule has 0 radical (unpaired) electrons. The number of rotatable bonds is 3. The molecule has 1 saturated heterocycles. The van der Waals surface area contributed by atoms with Crippen molar-refractivity contribution in [1.29, 1.82) is 0 Å². The van der Waals surface area contributed by atoms with Crippen LogP contribution in [0.4, 0.5) is 0 Å². The Morgan fingerprint density at radius 3 is 2.50 bits per heavy atom. The fraction of sp³-hybridized carbons (Fsp3) is 0.923. The van der Waals surface area contributed by atoms with Crippen molar-refractivity contribution in [3.63, 3.8) is 0 Å². The lowest BCUT2D eigenvalue weighted by Crippen LogP contribution is -2.27. The van der Waals surface area contributed by atoms with Gasteiger partial charge in [-0.05, 0) is 24.3 Å². The quantitative estimate of drug-likeness (QED) is 0.692. The van der Waals surface area contributed by atoms with Crippen molar-refractivity contribution in [3.8, 4) is 0 Å². The Kier molecular flexibility index (Phi) is 4.36. The lowest BCUT2D eigenvalue weighted by Gasteiger charge is -2.23. The smallest absolute Gasteiger partial charge is 0.310 e. The van der Waals surface area contributed by atoms with Gasteiger partial charge in [-0.1, -0.05) is 27.7 Å². The fourth-order valence-corrected chi connectivity index (χ4v) is 2.20. The maximum atomic E-state index is 11.5. The third-order valence-corrected chi connectivity index (χ3v) is 3.37. The number of ether oxygens (including phenoxy) is 1. The molecule has 0 aromatic carbocycles. The Hall–Kier alpha value is -0.570. The van der Waals surface area contributed by atoms with Gasteiger partial charge in [0.05, 0.1) is 13.0 Å². The first-order valence-electron chi connectivity index (χ1n) is 6.13. The Morgan fingerprint density at radius 2 is 2.00 bits per heavy atom. The number of esters is 1. The summed E-state index contributed by atoms with van der Waals surface area (Å²) in [5.41, 5.74) is 0.368. The Bertz CT molecular complexity index is 245. The maximum Gasteiger partial charge on any atom is 0.310 e. The van der Waals surface area contributed by atoms with Crippen molar-refractivity contribution in [1.82, 2.24) is 4.90 Å². The van der Waals surface area contributed by atoms with E-state index in [9.17, 15) is 4.79 Å². The highest BCUT2D eigenvalue weighted by atomic mass is 16.5. The van der Waals surface area contributed by atoms with Crippen molar-refractivity contribution in [2.24, 2.45) is 17.3 Å². The van der Waals surface area contributed by atoms with Crippen LogP contribution in [0.1, 0.15) is 34.1 Å². The van der Waals surface area contributed by atoms with Crippen molar-refractivity contribution in [2.75, 3.05) is 26.7 Å². The second-order valence-corrected chi connectivity index (χ2v) is 6.18. The zero-order valence-electron chi connectivity index (χ0n) is 11.2. The van der Waals surface area contributed by atoms with E-state index in [1.807, 2.05) is 0 Å². The van der Waals surface area contributed by atoms with Gasteiger partial charge in [0.1, 0.15) is 0 Å². The van der Waals surface area contributed by atoms with E-state index < -0.39 is 0 Å². The first-order chi connectivity index (χ1) is 7.33. The van der Waals surface area contributed by atoms with Crippen LogP contribution in [0.3, 0.4) is 0 Å². The van der Waals surface area contributed by atoms with Gasteiger partial charge in [0.15, 0.2) is 0 Å². The number of nitrogens with zero attached hydrogens (tertiary/aromatic N) is 1. The van der Waals surface area contributed by atoms with Gasteiger partial charge in [0.25, 0.3) is 0 Å². The summed E-state index contributed by atoms with van der Waals surface area (Å²) in [6.45, 7) is 11.9. The van der Waals surface area contributed by atoms with Crippen LogP contribution in [-0.2, 0) is 9.53 Å². The van der Waals surface area contributed by atoms with Crippen molar-refractivity contribution >= 4 is 5.97 Å². The van der Waals surface area contributed by atoms with Gasteiger partial charge in [0, 0.05) is 13.1 Å². The lowest BCUT2D eigenvalue weighted by molar-refractivity contribution is -0.146. The summed E-state index contributed by atoms with van der Waals surface area (Å²) in [4.78, 5) is 13.9. The molecule has 3 nitrogen and oxygen atoms in total. The summed E-state index contributed by atoms with van der Waals surface area (Å²) in [5.74, 6) is 0.447. The number of carbonyl (C=O) groups excluding carboxylic acids is 1. The summed E-state index contributed by atoms with van der Waals surface area (Å²) in [7, 11) is 1.48. The van der Waals surface area contributed by atoms with E-state index in [-0.39, 0.29) is 11.9 Å². The molecule has 1 rings (SSSR count). The van der Waals surface area contributed by atoms with Gasteiger partial charge >= 0.3 is 5.97 Å². The molecule has 3 heteroatoms. The van der Waals surface area contributed by atoms with Crippen LogP contribution < -0.4 is 0 Å². The molecular formula is C13H25NO2. The largest absolute Gasteiger partial charge is 0.469 e. The van der Waals surface area contributed by atoms with Crippen LogP contribution in [0.15, 0.2) is 0 Å². The zero-order valence-corrected chi connectivity index (χ0v) is 11.2. The number of hydrogen-bond donors (Lipinski definition) is 0. The summed E-state index contributed by atoms with van der Waals surface area (Å²) < 4.78 is 4.83. The van der Waals surface area contributed by atoms with Crippen LogP contribution in [0, 0.1) is 17.3 Å². The lowest BCUT2D eigenvalue weighted by atomic mass is 9.92. The van der Waals surface area contributed by atoms with Gasteiger partial charge in [-0.2, -0.15) is 0 Å². The Labute approximate surface area is 99.1 Å². The van der Waals surface area contributed by atoms with E-state index in [1.54, 1.807) is 0 Å². The summed E-state index contributed by atoms with van der Waals surface area (Å²) in [6, 6.07) is 0. The number of likely N-dealkylation sites (tertiary alicyclic amines) is 1.